The summed E-state index contributed by atoms with van der Waals surface area (Å²) in [4.78, 5) is 37.7. The van der Waals surface area contributed by atoms with Gasteiger partial charge in [0, 0.05) is 24.3 Å². The minimum absolute atomic E-state index is 0.0565. The number of ether oxygens (including phenoxy) is 1. The van der Waals surface area contributed by atoms with E-state index in [9.17, 15) is 14.4 Å². The summed E-state index contributed by atoms with van der Waals surface area (Å²) in [6, 6.07) is 11.6. The summed E-state index contributed by atoms with van der Waals surface area (Å²) in [7, 11) is 0. The Morgan fingerprint density at radius 1 is 1.04 bits per heavy atom. The lowest BCUT2D eigenvalue weighted by Crippen LogP contribution is -2.41. The number of nitrogens with one attached hydrogen (secondary N) is 1. The van der Waals surface area contributed by atoms with Crippen LogP contribution in [0.2, 0.25) is 0 Å². The first-order chi connectivity index (χ1) is 13.4. The molecule has 3 rings (SSSR count). The van der Waals surface area contributed by atoms with Gasteiger partial charge in [0.15, 0.2) is 0 Å². The van der Waals surface area contributed by atoms with Crippen LogP contribution in [0.4, 0.5) is 5.69 Å². The predicted molar refractivity (Wildman–Crippen MR) is 104 cm³/mol. The Kier molecular flexibility index (Phi) is 6.06. The number of carboxylic acid groups (broad SMARTS) is 1. The van der Waals surface area contributed by atoms with Gasteiger partial charge in [0.2, 0.25) is 5.91 Å². The maximum Gasteiger partial charge on any atom is 0.335 e. The summed E-state index contributed by atoms with van der Waals surface area (Å²) in [6.45, 7) is 4.10. The molecule has 0 atom stereocenters. The molecule has 2 aromatic carbocycles. The van der Waals surface area contributed by atoms with Crippen LogP contribution in [0.5, 0.6) is 0 Å². The summed E-state index contributed by atoms with van der Waals surface area (Å²) in [5, 5.41) is 11.9. The van der Waals surface area contributed by atoms with Gasteiger partial charge in [0.25, 0.3) is 5.91 Å². The molecular formula is C21H22N2O5. The topological polar surface area (TPSA) is 95.9 Å². The molecule has 1 aliphatic heterocycles. The molecule has 0 unspecified atom stereocenters. The van der Waals surface area contributed by atoms with Crippen LogP contribution in [0.15, 0.2) is 42.5 Å². The average molecular weight is 382 g/mol. The Bertz CT molecular complexity index is 886. The number of carbonyl (C=O) groups excluding carboxylic acids is 2. The number of hydrogen-bond acceptors (Lipinski definition) is 4. The SMILES string of the molecule is Cc1cc(C(=O)O)cc(C(=O)Nc2ccc(CC(=O)N3CCOCC3)cc2)c1. The largest absolute Gasteiger partial charge is 0.478 e. The molecule has 0 bridgehead atoms. The number of nitrogens with zero attached hydrogens (tertiary/aromatic N) is 1. The van der Waals surface area contributed by atoms with Gasteiger partial charge in [-0.3, -0.25) is 9.59 Å². The van der Waals surface area contributed by atoms with Gasteiger partial charge in [0.05, 0.1) is 25.2 Å². The van der Waals surface area contributed by atoms with E-state index in [0.717, 1.165) is 5.56 Å². The summed E-state index contributed by atoms with van der Waals surface area (Å²) in [5.74, 6) is -1.41. The highest BCUT2D eigenvalue weighted by atomic mass is 16.5. The van der Waals surface area contributed by atoms with Gasteiger partial charge in [-0.25, -0.2) is 4.79 Å². The van der Waals surface area contributed by atoms with Crippen LogP contribution >= 0.6 is 0 Å². The predicted octanol–water partition coefficient (Wildman–Crippen LogP) is 2.35. The fourth-order valence-electron chi connectivity index (χ4n) is 3.05. The molecule has 1 fully saturated rings. The Hall–Kier alpha value is -3.19. The summed E-state index contributed by atoms with van der Waals surface area (Å²) in [6.07, 6.45) is 0.300. The lowest BCUT2D eigenvalue weighted by Gasteiger charge is -2.26. The number of benzene rings is 2. The lowest BCUT2D eigenvalue weighted by molar-refractivity contribution is -0.134. The fourth-order valence-corrected chi connectivity index (χ4v) is 3.05. The van der Waals surface area contributed by atoms with E-state index in [1.54, 1.807) is 42.2 Å². The molecule has 28 heavy (non-hydrogen) atoms. The minimum atomic E-state index is -1.08. The third-order valence-electron chi connectivity index (χ3n) is 4.52. The van der Waals surface area contributed by atoms with Gasteiger partial charge in [-0.1, -0.05) is 12.1 Å². The van der Waals surface area contributed by atoms with E-state index >= 15 is 0 Å². The zero-order valence-electron chi connectivity index (χ0n) is 15.6. The van der Waals surface area contributed by atoms with Gasteiger partial charge in [-0.05, 0) is 48.4 Å². The Balaban J connectivity index is 1.63. The first-order valence-electron chi connectivity index (χ1n) is 9.03. The van der Waals surface area contributed by atoms with Crippen molar-refractivity contribution in [2.45, 2.75) is 13.3 Å². The number of hydrogen-bond donors (Lipinski definition) is 2. The quantitative estimate of drug-likeness (QED) is 0.828. The van der Waals surface area contributed by atoms with Crippen molar-refractivity contribution in [2.24, 2.45) is 0 Å². The number of aryl methyl sites for hydroxylation is 1. The number of aromatic carboxylic acids is 1. The van der Waals surface area contributed by atoms with Crippen molar-refractivity contribution in [3.8, 4) is 0 Å². The molecule has 1 heterocycles. The normalized spacial score (nSPS) is 13.8. The third-order valence-corrected chi connectivity index (χ3v) is 4.52. The van der Waals surface area contributed by atoms with Gasteiger partial charge in [0.1, 0.15) is 0 Å². The molecule has 7 heteroatoms. The number of anilines is 1. The van der Waals surface area contributed by atoms with Crippen molar-refractivity contribution in [3.63, 3.8) is 0 Å². The van der Waals surface area contributed by atoms with Gasteiger partial charge >= 0.3 is 5.97 Å². The maximum absolute atomic E-state index is 12.4. The van der Waals surface area contributed by atoms with Crippen molar-refractivity contribution < 1.29 is 24.2 Å². The van der Waals surface area contributed by atoms with Gasteiger partial charge in [-0.2, -0.15) is 0 Å². The van der Waals surface area contributed by atoms with Crippen LogP contribution in [0.25, 0.3) is 0 Å². The highest BCUT2D eigenvalue weighted by Crippen LogP contribution is 2.15. The van der Waals surface area contributed by atoms with Crippen molar-refractivity contribution in [2.75, 3.05) is 31.6 Å². The number of carbonyl (C=O) groups is 3. The minimum Gasteiger partial charge on any atom is -0.478 e. The Morgan fingerprint density at radius 3 is 2.32 bits per heavy atom. The summed E-state index contributed by atoms with van der Waals surface area (Å²) >= 11 is 0. The highest BCUT2D eigenvalue weighted by molar-refractivity contribution is 6.05. The van der Waals surface area contributed by atoms with Crippen LogP contribution < -0.4 is 5.32 Å². The summed E-state index contributed by atoms with van der Waals surface area (Å²) in [5.41, 5.74) is 2.48. The highest BCUT2D eigenvalue weighted by Gasteiger charge is 2.17. The van der Waals surface area contributed by atoms with E-state index in [0.29, 0.717) is 44.0 Å². The van der Waals surface area contributed by atoms with Crippen molar-refractivity contribution in [1.29, 1.82) is 0 Å². The van der Waals surface area contributed by atoms with Crippen molar-refractivity contribution >= 4 is 23.5 Å². The van der Waals surface area contributed by atoms with E-state index in [4.69, 9.17) is 9.84 Å². The van der Waals surface area contributed by atoms with Crippen LogP contribution in [0.3, 0.4) is 0 Å². The second kappa shape index (κ2) is 8.67. The molecule has 2 amide bonds. The van der Waals surface area contributed by atoms with Crippen LogP contribution in [-0.4, -0.2) is 54.1 Å². The third kappa shape index (κ3) is 4.95. The van der Waals surface area contributed by atoms with E-state index < -0.39 is 5.97 Å². The molecule has 0 aliphatic carbocycles. The molecule has 0 radical (unpaired) electrons. The monoisotopic (exact) mass is 382 g/mol. The van der Waals surface area contributed by atoms with Crippen LogP contribution in [0.1, 0.15) is 31.8 Å². The smallest absolute Gasteiger partial charge is 0.335 e. The molecule has 1 aliphatic rings. The van der Waals surface area contributed by atoms with E-state index in [1.807, 2.05) is 0 Å². The number of morpholine rings is 1. The van der Waals surface area contributed by atoms with Gasteiger partial charge < -0.3 is 20.1 Å². The van der Waals surface area contributed by atoms with Gasteiger partial charge in [-0.15, -0.1) is 0 Å². The maximum atomic E-state index is 12.4. The Labute approximate surface area is 162 Å². The fraction of sp³-hybridized carbons (Fsp3) is 0.286. The molecule has 0 spiro atoms. The lowest BCUT2D eigenvalue weighted by atomic mass is 10.1. The van der Waals surface area contributed by atoms with Crippen LogP contribution in [-0.2, 0) is 16.0 Å². The average Bonchev–Trinajstić information content (AvgIpc) is 2.69. The van der Waals surface area contributed by atoms with Crippen molar-refractivity contribution in [3.05, 3.63) is 64.7 Å². The molecule has 0 saturated carbocycles. The molecule has 0 aromatic heterocycles. The Morgan fingerprint density at radius 2 is 1.68 bits per heavy atom. The zero-order valence-corrected chi connectivity index (χ0v) is 15.6. The number of carboxylic acids is 1. The number of amides is 2. The number of rotatable bonds is 5. The molecule has 2 aromatic rings. The van der Waals surface area contributed by atoms with E-state index in [-0.39, 0.29) is 22.9 Å². The second-order valence-corrected chi connectivity index (χ2v) is 6.71. The molecule has 2 N–H and O–H groups in total. The van der Waals surface area contributed by atoms with E-state index in [1.165, 1.54) is 12.1 Å². The molecular weight excluding hydrogens is 360 g/mol. The molecule has 146 valence electrons. The van der Waals surface area contributed by atoms with Crippen molar-refractivity contribution in [1.82, 2.24) is 4.90 Å². The van der Waals surface area contributed by atoms with Crippen LogP contribution in [0, 0.1) is 6.92 Å². The molecule has 7 nitrogen and oxygen atoms in total. The first-order valence-corrected chi connectivity index (χ1v) is 9.03. The standard InChI is InChI=1S/C21H22N2O5/c1-14-10-16(13-17(11-14)21(26)27)20(25)22-18-4-2-15(3-5-18)12-19(24)23-6-8-28-9-7-23/h2-5,10-11,13H,6-9,12H2,1H3,(H,22,25)(H,26,27). The summed E-state index contributed by atoms with van der Waals surface area (Å²) < 4.78 is 5.25. The molecule has 1 saturated heterocycles. The zero-order chi connectivity index (χ0) is 20.1. The first kappa shape index (κ1) is 19.6. The second-order valence-electron chi connectivity index (χ2n) is 6.71. The van der Waals surface area contributed by atoms with E-state index in [2.05, 4.69) is 5.32 Å².